The molecule has 0 saturated heterocycles. The highest BCUT2D eigenvalue weighted by Crippen LogP contribution is 2.38. The molecule has 0 radical (unpaired) electrons. The zero-order chi connectivity index (χ0) is 32.1. The SMILES string of the molecule is CCCC1=C(C(=O)OCC)[C@@H](c2cc(OC)ccc2OC)n2c(s/c(=C\c3ccc(-c4ccc(C(=O)OCC)cc4)o3)c2=O)=N1. The van der Waals surface area contributed by atoms with Crippen molar-refractivity contribution in [1.82, 2.24) is 4.57 Å². The van der Waals surface area contributed by atoms with Gasteiger partial charge in [-0.15, -0.1) is 0 Å². The highest BCUT2D eigenvalue weighted by atomic mass is 32.1. The number of carbonyl (C=O) groups is 2. The summed E-state index contributed by atoms with van der Waals surface area (Å²) in [7, 11) is 3.09. The van der Waals surface area contributed by atoms with E-state index in [1.165, 1.54) is 23.0 Å². The molecule has 2 aromatic carbocycles. The number of hydrogen-bond donors (Lipinski definition) is 0. The second kappa shape index (κ2) is 13.8. The van der Waals surface area contributed by atoms with Crippen LogP contribution in [0.3, 0.4) is 0 Å². The first-order valence-electron chi connectivity index (χ1n) is 14.6. The molecule has 0 amide bonds. The number of carbonyl (C=O) groups excluding carboxylic acids is 2. The second-order valence-electron chi connectivity index (χ2n) is 10.0. The molecule has 2 aromatic heterocycles. The molecule has 1 aliphatic rings. The minimum atomic E-state index is -0.862. The lowest BCUT2D eigenvalue weighted by Gasteiger charge is -2.27. The summed E-state index contributed by atoms with van der Waals surface area (Å²) in [5, 5.41) is 0. The topological polar surface area (TPSA) is 119 Å². The lowest BCUT2D eigenvalue weighted by Crippen LogP contribution is -2.40. The van der Waals surface area contributed by atoms with E-state index in [1.54, 1.807) is 81.6 Å². The zero-order valence-corrected chi connectivity index (χ0v) is 26.6. The fraction of sp³-hybridized carbons (Fsp3) is 0.294. The van der Waals surface area contributed by atoms with Gasteiger partial charge >= 0.3 is 11.9 Å². The third-order valence-corrected chi connectivity index (χ3v) is 8.19. The van der Waals surface area contributed by atoms with Crippen LogP contribution in [0.25, 0.3) is 17.4 Å². The van der Waals surface area contributed by atoms with E-state index in [-0.39, 0.29) is 17.7 Å². The van der Waals surface area contributed by atoms with Crippen molar-refractivity contribution in [2.45, 2.75) is 39.7 Å². The van der Waals surface area contributed by atoms with Crippen LogP contribution in [0.1, 0.15) is 61.3 Å². The van der Waals surface area contributed by atoms with Crippen molar-refractivity contribution < 1.29 is 33.0 Å². The molecule has 0 saturated carbocycles. The molecule has 5 rings (SSSR count). The molecule has 0 N–H and O–H groups in total. The van der Waals surface area contributed by atoms with Gasteiger partial charge in [0.2, 0.25) is 0 Å². The van der Waals surface area contributed by atoms with Crippen molar-refractivity contribution in [3.63, 3.8) is 0 Å². The maximum Gasteiger partial charge on any atom is 0.338 e. The van der Waals surface area contributed by atoms with E-state index in [1.807, 2.05) is 6.92 Å². The third-order valence-electron chi connectivity index (χ3n) is 7.20. The van der Waals surface area contributed by atoms with Crippen LogP contribution in [0.5, 0.6) is 11.5 Å². The van der Waals surface area contributed by atoms with Crippen LogP contribution in [0.4, 0.5) is 0 Å². The van der Waals surface area contributed by atoms with E-state index >= 15 is 0 Å². The summed E-state index contributed by atoms with van der Waals surface area (Å²) >= 11 is 1.21. The van der Waals surface area contributed by atoms with Gasteiger partial charge in [-0.25, -0.2) is 14.6 Å². The van der Waals surface area contributed by atoms with Crippen molar-refractivity contribution in [1.29, 1.82) is 0 Å². The predicted octanol–water partition coefficient (Wildman–Crippen LogP) is 5.03. The first-order chi connectivity index (χ1) is 21.8. The van der Waals surface area contributed by atoms with E-state index < -0.39 is 18.0 Å². The van der Waals surface area contributed by atoms with Gasteiger partial charge in [0, 0.05) is 17.2 Å². The maximum absolute atomic E-state index is 14.1. The van der Waals surface area contributed by atoms with Crippen molar-refractivity contribution in [2.75, 3.05) is 27.4 Å². The van der Waals surface area contributed by atoms with Gasteiger partial charge < -0.3 is 23.4 Å². The molecule has 0 unspecified atom stereocenters. The quantitative estimate of drug-likeness (QED) is 0.212. The Bertz CT molecular complexity index is 1930. The number of methoxy groups -OCH3 is 2. The Labute approximate surface area is 263 Å². The van der Waals surface area contributed by atoms with Crippen LogP contribution in [0, 0.1) is 0 Å². The van der Waals surface area contributed by atoms with Crippen LogP contribution in [0.15, 0.2) is 80.1 Å². The number of esters is 2. The van der Waals surface area contributed by atoms with Gasteiger partial charge in [0.05, 0.1) is 48.8 Å². The Morgan fingerprint density at radius 1 is 0.956 bits per heavy atom. The smallest absolute Gasteiger partial charge is 0.338 e. The molecule has 234 valence electrons. The molecule has 0 aliphatic carbocycles. The lowest BCUT2D eigenvalue weighted by molar-refractivity contribution is -0.139. The van der Waals surface area contributed by atoms with Crippen LogP contribution in [-0.4, -0.2) is 43.9 Å². The number of aromatic nitrogens is 1. The summed E-state index contributed by atoms with van der Waals surface area (Å²) in [5.41, 5.74) is 2.28. The summed E-state index contributed by atoms with van der Waals surface area (Å²) in [5.74, 6) is 1.12. The first kappa shape index (κ1) is 31.5. The minimum absolute atomic E-state index is 0.167. The number of hydrogen-bond acceptors (Lipinski definition) is 10. The van der Waals surface area contributed by atoms with E-state index in [9.17, 15) is 14.4 Å². The molecule has 3 heterocycles. The van der Waals surface area contributed by atoms with Crippen LogP contribution >= 0.6 is 11.3 Å². The molecule has 0 spiro atoms. The number of benzene rings is 2. The van der Waals surface area contributed by atoms with Crippen molar-refractivity contribution in [3.05, 3.63) is 102 Å². The number of ether oxygens (including phenoxy) is 4. The Morgan fingerprint density at radius 3 is 2.36 bits per heavy atom. The van der Waals surface area contributed by atoms with Crippen molar-refractivity contribution >= 4 is 29.4 Å². The van der Waals surface area contributed by atoms with Gasteiger partial charge in [-0.2, -0.15) is 0 Å². The first-order valence-corrected chi connectivity index (χ1v) is 15.5. The molecule has 45 heavy (non-hydrogen) atoms. The Balaban J connectivity index is 1.63. The molecule has 4 aromatic rings. The van der Waals surface area contributed by atoms with E-state index in [0.29, 0.717) is 62.2 Å². The second-order valence-corrected chi connectivity index (χ2v) is 11.0. The van der Waals surface area contributed by atoms with Crippen LogP contribution in [-0.2, 0) is 14.3 Å². The number of allylic oxidation sites excluding steroid dienone is 1. The van der Waals surface area contributed by atoms with Gasteiger partial charge in [0.25, 0.3) is 5.56 Å². The Kier molecular flexibility index (Phi) is 9.68. The van der Waals surface area contributed by atoms with Gasteiger partial charge in [-0.3, -0.25) is 9.36 Å². The monoisotopic (exact) mass is 630 g/mol. The van der Waals surface area contributed by atoms with Gasteiger partial charge in [0.15, 0.2) is 4.80 Å². The average molecular weight is 631 g/mol. The fourth-order valence-electron chi connectivity index (χ4n) is 5.17. The van der Waals surface area contributed by atoms with Gasteiger partial charge in [-0.1, -0.05) is 36.8 Å². The molecule has 1 aliphatic heterocycles. The summed E-state index contributed by atoms with van der Waals surface area (Å²) in [6, 6.07) is 14.9. The molecular formula is C34H34N2O8S. The van der Waals surface area contributed by atoms with Crippen molar-refractivity contribution in [2.24, 2.45) is 4.99 Å². The standard InChI is InChI=1S/C34H34N2O8S/c1-6-9-25-29(33(39)43-8-3)30(24-18-22(40-4)14-17-27(24)41-5)36-31(37)28(45-34(36)35-25)19-23-15-16-26(44-23)20-10-12-21(13-11-20)32(38)42-7-2/h10-19,30H,6-9H2,1-5H3/b28-19-/t30-/m1/s1. The third kappa shape index (κ3) is 6.34. The summed E-state index contributed by atoms with van der Waals surface area (Å²) in [6.45, 7) is 5.96. The summed E-state index contributed by atoms with van der Waals surface area (Å²) in [4.78, 5) is 44.9. The minimum Gasteiger partial charge on any atom is -0.497 e. The van der Waals surface area contributed by atoms with E-state index in [0.717, 1.165) is 12.0 Å². The van der Waals surface area contributed by atoms with Crippen LogP contribution < -0.4 is 24.4 Å². The molecular weight excluding hydrogens is 596 g/mol. The highest BCUT2D eigenvalue weighted by molar-refractivity contribution is 7.07. The largest absolute Gasteiger partial charge is 0.497 e. The van der Waals surface area contributed by atoms with E-state index in [2.05, 4.69) is 0 Å². The predicted molar refractivity (Wildman–Crippen MR) is 169 cm³/mol. The highest BCUT2D eigenvalue weighted by Gasteiger charge is 2.36. The summed E-state index contributed by atoms with van der Waals surface area (Å²) in [6.07, 6.45) is 2.90. The molecule has 0 fully saturated rings. The zero-order valence-electron chi connectivity index (χ0n) is 25.7. The number of thiazole rings is 1. The number of nitrogens with zero attached hydrogens (tertiary/aromatic N) is 2. The number of furan rings is 1. The number of fused-ring (bicyclic) bond motifs is 1. The molecule has 0 bridgehead atoms. The van der Waals surface area contributed by atoms with Crippen molar-refractivity contribution in [3.8, 4) is 22.8 Å². The lowest BCUT2D eigenvalue weighted by atomic mass is 9.93. The summed E-state index contributed by atoms with van der Waals surface area (Å²) < 4.78 is 29.7. The molecule has 1 atom stereocenters. The maximum atomic E-state index is 14.1. The Morgan fingerprint density at radius 2 is 1.69 bits per heavy atom. The average Bonchev–Trinajstić information content (AvgIpc) is 3.64. The number of rotatable bonds is 11. The Hall–Kier alpha value is -4.90. The van der Waals surface area contributed by atoms with E-state index in [4.69, 9.17) is 28.4 Å². The van der Waals surface area contributed by atoms with Gasteiger partial charge in [0.1, 0.15) is 29.1 Å². The molecule has 11 heteroatoms. The van der Waals surface area contributed by atoms with Crippen LogP contribution in [0.2, 0.25) is 0 Å². The fourth-order valence-corrected chi connectivity index (χ4v) is 6.17. The normalized spacial score (nSPS) is 14.5. The molecule has 10 nitrogen and oxygen atoms in total. The van der Waals surface area contributed by atoms with Gasteiger partial charge in [-0.05, 0) is 62.7 Å².